The highest BCUT2D eigenvalue weighted by molar-refractivity contribution is 6.40. The van der Waals surface area contributed by atoms with Gasteiger partial charge in [-0.1, -0.05) is 24.3 Å². The Morgan fingerprint density at radius 1 is 1.19 bits per heavy atom. The maximum atomic E-state index is 12.3. The van der Waals surface area contributed by atoms with Crippen LogP contribution in [0.1, 0.15) is 22.8 Å². The first-order valence-electron chi connectivity index (χ1n) is 8.82. The SMILES string of the molecule is Cn1cc(C(O)CNC(=O)C(=O)Nc2ccc3c4c(cccc24)CC3)cn1. The zero-order valence-corrected chi connectivity index (χ0v) is 14.9. The fourth-order valence-electron chi connectivity index (χ4n) is 3.53. The number of amides is 2. The van der Waals surface area contributed by atoms with Crippen LogP contribution in [0.5, 0.6) is 0 Å². The van der Waals surface area contributed by atoms with E-state index in [1.54, 1.807) is 17.9 Å². The normalized spacial score (nSPS) is 13.6. The average Bonchev–Trinajstić information content (AvgIpc) is 3.29. The fraction of sp³-hybridized carbons (Fsp3) is 0.250. The summed E-state index contributed by atoms with van der Waals surface area (Å²) in [5.74, 6) is -1.55. The number of aliphatic hydroxyl groups excluding tert-OH is 1. The molecule has 138 valence electrons. The first kappa shape index (κ1) is 17.2. The van der Waals surface area contributed by atoms with Crippen molar-refractivity contribution in [3.63, 3.8) is 0 Å². The van der Waals surface area contributed by atoms with E-state index < -0.39 is 17.9 Å². The first-order valence-corrected chi connectivity index (χ1v) is 8.82. The van der Waals surface area contributed by atoms with Gasteiger partial charge in [-0.3, -0.25) is 14.3 Å². The first-order chi connectivity index (χ1) is 13.0. The van der Waals surface area contributed by atoms with E-state index in [9.17, 15) is 14.7 Å². The lowest BCUT2D eigenvalue weighted by Gasteiger charge is -2.12. The molecule has 1 heterocycles. The number of benzene rings is 2. The van der Waals surface area contributed by atoms with Crippen molar-refractivity contribution < 1.29 is 14.7 Å². The van der Waals surface area contributed by atoms with Gasteiger partial charge in [0.2, 0.25) is 0 Å². The Hall–Kier alpha value is -3.19. The summed E-state index contributed by atoms with van der Waals surface area (Å²) >= 11 is 0. The topological polar surface area (TPSA) is 96.2 Å². The Labute approximate surface area is 156 Å². The molecule has 27 heavy (non-hydrogen) atoms. The summed E-state index contributed by atoms with van der Waals surface area (Å²) in [6, 6.07) is 9.85. The zero-order chi connectivity index (χ0) is 19.0. The highest BCUT2D eigenvalue weighted by Crippen LogP contribution is 2.34. The minimum Gasteiger partial charge on any atom is -0.386 e. The molecular weight excluding hydrogens is 344 g/mol. The highest BCUT2D eigenvalue weighted by atomic mass is 16.3. The van der Waals surface area contributed by atoms with Crippen molar-refractivity contribution in [2.45, 2.75) is 18.9 Å². The number of hydrogen-bond acceptors (Lipinski definition) is 4. The van der Waals surface area contributed by atoms with Gasteiger partial charge in [-0.2, -0.15) is 5.10 Å². The number of anilines is 1. The monoisotopic (exact) mass is 364 g/mol. The second-order valence-corrected chi connectivity index (χ2v) is 6.74. The van der Waals surface area contributed by atoms with E-state index in [2.05, 4.69) is 21.8 Å². The van der Waals surface area contributed by atoms with E-state index in [0.29, 0.717) is 11.3 Å². The van der Waals surface area contributed by atoms with Crippen molar-refractivity contribution >= 4 is 28.3 Å². The lowest BCUT2D eigenvalue weighted by molar-refractivity contribution is -0.136. The van der Waals surface area contributed by atoms with Gasteiger partial charge in [0.15, 0.2) is 0 Å². The number of rotatable bonds is 4. The van der Waals surface area contributed by atoms with E-state index in [0.717, 1.165) is 18.2 Å². The van der Waals surface area contributed by atoms with Crippen LogP contribution in [0.15, 0.2) is 42.7 Å². The van der Waals surface area contributed by atoms with Crippen molar-refractivity contribution in [2.24, 2.45) is 7.05 Å². The summed E-state index contributed by atoms with van der Waals surface area (Å²) in [4.78, 5) is 24.4. The van der Waals surface area contributed by atoms with Gasteiger partial charge in [0.1, 0.15) is 0 Å². The van der Waals surface area contributed by atoms with Crippen LogP contribution in [0, 0.1) is 0 Å². The van der Waals surface area contributed by atoms with E-state index in [-0.39, 0.29) is 6.54 Å². The number of nitrogens with one attached hydrogen (secondary N) is 2. The second kappa shape index (κ2) is 6.85. The number of aryl methyl sites for hydroxylation is 3. The zero-order valence-electron chi connectivity index (χ0n) is 14.9. The molecular formula is C20H20N4O3. The van der Waals surface area contributed by atoms with Crippen LogP contribution in [-0.2, 0) is 29.5 Å². The third kappa shape index (κ3) is 3.29. The molecule has 0 saturated carbocycles. The number of hydrogen-bond donors (Lipinski definition) is 3. The molecule has 7 nitrogen and oxygen atoms in total. The molecule has 3 N–H and O–H groups in total. The average molecular weight is 364 g/mol. The Morgan fingerprint density at radius 3 is 2.70 bits per heavy atom. The molecule has 1 aromatic heterocycles. The lowest BCUT2D eigenvalue weighted by Crippen LogP contribution is -2.37. The Morgan fingerprint density at radius 2 is 1.96 bits per heavy atom. The molecule has 2 amide bonds. The highest BCUT2D eigenvalue weighted by Gasteiger charge is 2.20. The quantitative estimate of drug-likeness (QED) is 0.611. The Bertz CT molecular complexity index is 1030. The predicted molar refractivity (Wildman–Crippen MR) is 101 cm³/mol. The Kier molecular flexibility index (Phi) is 4.37. The standard InChI is InChI=1S/C20H20N4O3/c1-24-11-14(9-22-24)17(25)10-21-19(26)20(27)23-16-8-7-13-6-5-12-3-2-4-15(16)18(12)13/h2-4,7-9,11,17,25H,5-6,10H2,1H3,(H,21,26)(H,23,27). The van der Waals surface area contributed by atoms with Gasteiger partial charge < -0.3 is 15.7 Å². The van der Waals surface area contributed by atoms with Crippen LogP contribution >= 0.6 is 0 Å². The van der Waals surface area contributed by atoms with Crippen molar-refractivity contribution in [3.8, 4) is 0 Å². The molecule has 0 saturated heterocycles. The van der Waals surface area contributed by atoms with Crippen LogP contribution < -0.4 is 10.6 Å². The van der Waals surface area contributed by atoms with Gasteiger partial charge >= 0.3 is 11.8 Å². The number of aromatic nitrogens is 2. The molecule has 1 atom stereocenters. The maximum Gasteiger partial charge on any atom is 0.313 e. The number of nitrogens with zero attached hydrogens (tertiary/aromatic N) is 2. The third-order valence-corrected chi connectivity index (χ3v) is 4.90. The Balaban J connectivity index is 1.43. The summed E-state index contributed by atoms with van der Waals surface area (Å²) in [5.41, 5.74) is 3.72. The molecule has 3 aromatic rings. The van der Waals surface area contributed by atoms with Crippen molar-refractivity contribution in [2.75, 3.05) is 11.9 Å². The third-order valence-electron chi connectivity index (χ3n) is 4.90. The molecule has 1 aliphatic rings. The van der Waals surface area contributed by atoms with Gasteiger partial charge in [0.25, 0.3) is 0 Å². The molecule has 7 heteroatoms. The molecule has 4 rings (SSSR count). The van der Waals surface area contributed by atoms with Crippen LogP contribution in [0.25, 0.3) is 10.8 Å². The van der Waals surface area contributed by atoms with Gasteiger partial charge in [0.05, 0.1) is 12.3 Å². The summed E-state index contributed by atoms with van der Waals surface area (Å²) in [5, 5.41) is 21.3. The van der Waals surface area contributed by atoms with Gasteiger partial charge in [-0.15, -0.1) is 0 Å². The van der Waals surface area contributed by atoms with Crippen molar-refractivity contribution in [3.05, 3.63) is 59.4 Å². The minimum absolute atomic E-state index is 0.0677. The van der Waals surface area contributed by atoms with E-state index in [4.69, 9.17) is 0 Å². The van der Waals surface area contributed by atoms with Crippen LogP contribution in [0.2, 0.25) is 0 Å². The van der Waals surface area contributed by atoms with Crippen molar-refractivity contribution in [1.82, 2.24) is 15.1 Å². The summed E-state index contributed by atoms with van der Waals surface area (Å²) < 4.78 is 1.56. The number of carbonyl (C=O) groups excluding carboxylic acids is 2. The lowest BCUT2D eigenvalue weighted by atomic mass is 10.0. The van der Waals surface area contributed by atoms with E-state index in [1.165, 1.54) is 22.7 Å². The van der Waals surface area contributed by atoms with E-state index in [1.807, 2.05) is 24.3 Å². The molecule has 1 aliphatic carbocycles. The molecule has 0 radical (unpaired) electrons. The minimum atomic E-state index is -0.924. The van der Waals surface area contributed by atoms with Gasteiger partial charge in [0, 0.05) is 36.4 Å². The summed E-state index contributed by atoms with van der Waals surface area (Å²) in [6.07, 6.45) is 4.24. The summed E-state index contributed by atoms with van der Waals surface area (Å²) in [7, 11) is 1.74. The molecule has 0 aliphatic heterocycles. The number of aliphatic hydroxyl groups is 1. The molecule has 2 aromatic carbocycles. The largest absolute Gasteiger partial charge is 0.386 e. The second-order valence-electron chi connectivity index (χ2n) is 6.74. The smallest absolute Gasteiger partial charge is 0.313 e. The van der Waals surface area contributed by atoms with Gasteiger partial charge in [-0.05, 0) is 35.4 Å². The van der Waals surface area contributed by atoms with E-state index >= 15 is 0 Å². The molecule has 0 fully saturated rings. The summed E-state index contributed by atoms with van der Waals surface area (Å²) in [6.45, 7) is -0.0677. The van der Waals surface area contributed by atoms with Crippen LogP contribution in [0.3, 0.4) is 0 Å². The number of carbonyl (C=O) groups is 2. The van der Waals surface area contributed by atoms with Gasteiger partial charge in [-0.25, -0.2) is 0 Å². The molecule has 0 spiro atoms. The van der Waals surface area contributed by atoms with Crippen LogP contribution in [-0.4, -0.2) is 33.2 Å². The maximum absolute atomic E-state index is 12.3. The predicted octanol–water partition coefficient (Wildman–Crippen LogP) is 1.46. The fourth-order valence-corrected chi connectivity index (χ4v) is 3.53. The molecule has 1 unspecified atom stereocenters. The van der Waals surface area contributed by atoms with Crippen LogP contribution in [0.4, 0.5) is 5.69 Å². The van der Waals surface area contributed by atoms with Crippen molar-refractivity contribution in [1.29, 1.82) is 0 Å². The molecule has 0 bridgehead atoms.